The minimum Gasteiger partial charge on any atom is -0.455 e. The van der Waals surface area contributed by atoms with E-state index in [9.17, 15) is 41.0 Å². The standard InChI is InChI=1S/C19H22F6O5/c1-9(2)14(26)29-13-6-11-5-12(16(13,7-11)30-15(27)10(3)4)8-17(28,18(20,21)22)19(23,24)25/h11-13,28H,1,3,5-8H2,2,4H3. The molecule has 2 aliphatic carbocycles. The quantitative estimate of drug-likeness (QED) is 0.381. The van der Waals surface area contributed by atoms with Gasteiger partial charge in [-0.25, -0.2) is 9.59 Å². The van der Waals surface area contributed by atoms with Gasteiger partial charge >= 0.3 is 24.3 Å². The number of hydrogen-bond donors (Lipinski definition) is 1. The third-order valence-corrected chi connectivity index (χ3v) is 5.72. The molecule has 0 aromatic carbocycles. The largest absolute Gasteiger partial charge is 0.455 e. The number of ether oxygens (including phenoxy) is 2. The summed E-state index contributed by atoms with van der Waals surface area (Å²) in [5, 5.41) is 9.66. The van der Waals surface area contributed by atoms with Gasteiger partial charge in [0.1, 0.15) is 6.10 Å². The van der Waals surface area contributed by atoms with E-state index in [1.807, 2.05) is 0 Å². The molecule has 0 aliphatic heterocycles. The molecule has 30 heavy (non-hydrogen) atoms. The van der Waals surface area contributed by atoms with Crippen molar-refractivity contribution in [1.29, 1.82) is 0 Å². The number of fused-ring (bicyclic) bond motifs is 2. The smallest absolute Gasteiger partial charge is 0.426 e. The highest BCUT2D eigenvalue weighted by Crippen LogP contribution is 2.59. The van der Waals surface area contributed by atoms with Crippen LogP contribution in [0, 0.1) is 11.8 Å². The van der Waals surface area contributed by atoms with Crippen LogP contribution < -0.4 is 0 Å². The van der Waals surface area contributed by atoms with Crippen LogP contribution in [-0.2, 0) is 19.1 Å². The van der Waals surface area contributed by atoms with E-state index in [4.69, 9.17) is 9.47 Å². The van der Waals surface area contributed by atoms with E-state index < -0.39 is 59.9 Å². The van der Waals surface area contributed by atoms with Crippen molar-refractivity contribution in [2.45, 2.75) is 69.2 Å². The fourth-order valence-corrected chi connectivity index (χ4v) is 4.21. The highest BCUT2D eigenvalue weighted by molar-refractivity contribution is 5.88. The zero-order valence-corrected chi connectivity index (χ0v) is 16.3. The van der Waals surface area contributed by atoms with Crippen molar-refractivity contribution in [3.05, 3.63) is 24.3 Å². The van der Waals surface area contributed by atoms with Gasteiger partial charge in [-0.1, -0.05) is 13.2 Å². The van der Waals surface area contributed by atoms with Crippen LogP contribution >= 0.6 is 0 Å². The molecule has 4 unspecified atom stereocenters. The highest BCUT2D eigenvalue weighted by atomic mass is 19.4. The van der Waals surface area contributed by atoms with Gasteiger partial charge < -0.3 is 14.6 Å². The molecule has 0 aromatic heterocycles. The van der Waals surface area contributed by atoms with E-state index in [1.54, 1.807) is 0 Å². The summed E-state index contributed by atoms with van der Waals surface area (Å²) in [6.07, 6.45) is -15.3. The van der Waals surface area contributed by atoms with E-state index in [1.165, 1.54) is 13.8 Å². The van der Waals surface area contributed by atoms with Gasteiger partial charge in [0.25, 0.3) is 5.60 Å². The number of carbonyl (C=O) groups excluding carboxylic acids is 2. The molecular weight excluding hydrogens is 422 g/mol. The van der Waals surface area contributed by atoms with Crippen LogP contribution in [-0.4, -0.2) is 46.7 Å². The Kier molecular flexibility index (Phi) is 6.12. The normalized spacial score (nSPS) is 28.9. The Hall–Kier alpha value is -2.04. The second kappa shape index (κ2) is 7.58. The maximum absolute atomic E-state index is 13.2. The Bertz CT molecular complexity index is 741. The van der Waals surface area contributed by atoms with E-state index in [-0.39, 0.29) is 30.4 Å². The van der Waals surface area contributed by atoms with Crippen molar-refractivity contribution < 1.29 is 50.5 Å². The zero-order chi connectivity index (χ0) is 23.3. The molecule has 4 atom stereocenters. The third-order valence-electron chi connectivity index (χ3n) is 5.72. The number of carbonyl (C=O) groups is 2. The number of halogens is 6. The molecule has 1 N–H and O–H groups in total. The lowest BCUT2D eigenvalue weighted by atomic mass is 9.75. The Morgan fingerprint density at radius 1 is 1.00 bits per heavy atom. The molecule has 11 heteroatoms. The van der Waals surface area contributed by atoms with Crippen molar-refractivity contribution >= 4 is 11.9 Å². The molecular formula is C19H22F6O5. The minimum atomic E-state index is -6.02. The van der Waals surface area contributed by atoms with Gasteiger partial charge in [-0.2, -0.15) is 26.3 Å². The maximum Gasteiger partial charge on any atom is 0.426 e. The van der Waals surface area contributed by atoms with Gasteiger partial charge in [0.2, 0.25) is 0 Å². The van der Waals surface area contributed by atoms with Gasteiger partial charge in [-0.15, -0.1) is 0 Å². The summed E-state index contributed by atoms with van der Waals surface area (Å²) in [5.74, 6) is -3.97. The molecule has 0 amide bonds. The summed E-state index contributed by atoms with van der Waals surface area (Å²) in [6.45, 7) is 9.31. The maximum atomic E-state index is 13.2. The van der Waals surface area contributed by atoms with Crippen LogP contribution in [0.2, 0.25) is 0 Å². The molecule has 2 bridgehead atoms. The Morgan fingerprint density at radius 2 is 1.50 bits per heavy atom. The molecule has 0 aromatic rings. The van der Waals surface area contributed by atoms with Gasteiger partial charge in [-0.3, -0.25) is 0 Å². The van der Waals surface area contributed by atoms with E-state index in [0.717, 1.165) is 0 Å². The first-order valence-corrected chi connectivity index (χ1v) is 9.05. The third kappa shape index (κ3) is 4.08. The molecule has 2 saturated carbocycles. The number of esters is 2. The number of aliphatic hydroxyl groups is 1. The lowest BCUT2D eigenvalue weighted by Gasteiger charge is -2.43. The average Bonchev–Trinajstić information content (AvgIpc) is 3.06. The van der Waals surface area contributed by atoms with E-state index >= 15 is 0 Å². The van der Waals surface area contributed by atoms with Crippen LogP contribution in [0.3, 0.4) is 0 Å². The fraction of sp³-hybridized carbons (Fsp3) is 0.684. The summed E-state index contributed by atoms with van der Waals surface area (Å²) in [4.78, 5) is 24.1. The Morgan fingerprint density at radius 3 is 1.93 bits per heavy atom. The first kappa shape index (κ1) is 24.2. The van der Waals surface area contributed by atoms with Gasteiger partial charge in [0.05, 0.1) is 0 Å². The van der Waals surface area contributed by atoms with Crippen molar-refractivity contribution in [1.82, 2.24) is 0 Å². The van der Waals surface area contributed by atoms with Crippen molar-refractivity contribution in [3.63, 3.8) is 0 Å². The van der Waals surface area contributed by atoms with Crippen molar-refractivity contribution in [3.8, 4) is 0 Å². The first-order valence-electron chi connectivity index (χ1n) is 9.05. The summed E-state index contributed by atoms with van der Waals surface area (Å²) < 4.78 is 90.0. The fourth-order valence-electron chi connectivity index (χ4n) is 4.21. The highest BCUT2D eigenvalue weighted by Gasteiger charge is 2.74. The minimum absolute atomic E-state index is 0.0437. The monoisotopic (exact) mass is 444 g/mol. The van der Waals surface area contributed by atoms with E-state index in [2.05, 4.69) is 13.2 Å². The topological polar surface area (TPSA) is 72.8 Å². The first-order chi connectivity index (χ1) is 13.4. The average molecular weight is 444 g/mol. The van der Waals surface area contributed by atoms with Crippen LogP contribution in [0.15, 0.2) is 24.3 Å². The lowest BCUT2D eigenvalue weighted by molar-refractivity contribution is -0.375. The predicted molar refractivity (Wildman–Crippen MR) is 90.8 cm³/mol. The predicted octanol–water partition coefficient (Wildman–Crippen LogP) is 4.01. The Balaban J connectivity index is 2.47. The van der Waals surface area contributed by atoms with Crippen LogP contribution in [0.5, 0.6) is 0 Å². The molecule has 0 radical (unpaired) electrons. The summed E-state index contributed by atoms with van der Waals surface area (Å²) >= 11 is 0. The zero-order valence-electron chi connectivity index (χ0n) is 16.3. The second-order valence-electron chi connectivity index (χ2n) is 8.10. The summed E-state index contributed by atoms with van der Waals surface area (Å²) in [5.41, 5.74) is -7.14. The van der Waals surface area contributed by atoms with Gasteiger partial charge in [0.15, 0.2) is 5.60 Å². The lowest BCUT2D eigenvalue weighted by Crippen LogP contribution is -2.61. The van der Waals surface area contributed by atoms with Gasteiger partial charge in [-0.05, 0) is 39.0 Å². The molecule has 2 fully saturated rings. The molecule has 5 nitrogen and oxygen atoms in total. The molecule has 0 spiro atoms. The van der Waals surface area contributed by atoms with Crippen LogP contribution in [0.1, 0.15) is 39.5 Å². The number of alkyl halides is 6. The van der Waals surface area contributed by atoms with Crippen molar-refractivity contribution in [2.24, 2.45) is 11.8 Å². The van der Waals surface area contributed by atoms with Crippen LogP contribution in [0.25, 0.3) is 0 Å². The molecule has 0 saturated heterocycles. The summed E-state index contributed by atoms with van der Waals surface area (Å²) in [7, 11) is 0. The number of hydrogen-bond acceptors (Lipinski definition) is 5. The van der Waals surface area contributed by atoms with E-state index in [0.29, 0.717) is 0 Å². The second-order valence-corrected chi connectivity index (χ2v) is 8.10. The number of rotatable bonds is 6. The SMILES string of the molecule is C=C(C)C(=O)OC1CC2CC(CC(O)(C(F)(F)F)C(F)(F)F)C1(OC(=O)C(=C)C)C2. The van der Waals surface area contributed by atoms with Crippen LogP contribution in [0.4, 0.5) is 26.3 Å². The molecule has 0 heterocycles. The van der Waals surface area contributed by atoms with Crippen molar-refractivity contribution in [2.75, 3.05) is 0 Å². The molecule has 2 rings (SSSR count). The summed E-state index contributed by atoms with van der Waals surface area (Å²) in [6, 6.07) is 0. The van der Waals surface area contributed by atoms with Gasteiger partial charge in [0, 0.05) is 23.5 Å². The molecule has 170 valence electrons. The Labute approximate surface area is 168 Å². The molecule has 2 aliphatic rings.